The molecule has 0 unspecified atom stereocenters. The number of likely N-dealkylation sites (tertiary alicyclic amines) is 1. The van der Waals surface area contributed by atoms with Crippen molar-refractivity contribution in [3.05, 3.63) is 16.1 Å². The Bertz CT molecular complexity index is 558. The number of amides is 1. The van der Waals surface area contributed by atoms with Crippen LogP contribution in [0.4, 0.5) is 4.79 Å². The lowest BCUT2D eigenvalue weighted by molar-refractivity contribution is 0.0963. The van der Waals surface area contributed by atoms with E-state index in [-0.39, 0.29) is 30.1 Å². The number of aromatic nitrogens is 1. The summed E-state index contributed by atoms with van der Waals surface area (Å²) in [6, 6.07) is 0.316. The number of ether oxygens (including phenoxy) is 1. The molecule has 0 bridgehead atoms. The average molecular weight is 481 g/mol. The van der Waals surface area contributed by atoms with Crippen LogP contribution in [-0.2, 0) is 11.3 Å². The largest absolute Gasteiger partial charge is 0.450 e. The Labute approximate surface area is 170 Å². The summed E-state index contributed by atoms with van der Waals surface area (Å²) in [7, 11) is 0. The molecule has 0 atom stereocenters. The van der Waals surface area contributed by atoms with Crippen molar-refractivity contribution in [2.75, 3.05) is 26.2 Å². The molecule has 25 heavy (non-hydrogen) atoms. The maximum Gasteiger partial charge on any atom is 0.409 e. The van der Waals surface area contributed by atoms with Crippen LogP contribution >= 0.6 is 35.3 Å². The Morgan fingerprint density at radius 2 is 2.16 bits per heavy atom. The highest BCUT2D eigenvalue weighted by atomic mass is 127. The van der Waals surface area contributed by atoms with Crippen LogP contribution < -0.4 is 10.6 Å². The molecule has 2 rings (SSSR count). The second kappa shape index (κ2) is 11.5. The fourth-order valence-electron chi connectivity index (χ4n) is 2.56. The van der Waals surface area contributed by atoms with Crippen molar-refractivity contribution in [2.45, 2.75) is 46.2 Å². The molecule has 1 fully saturated rings. The van der Waals surface area contributed by atoms with E-state index in [1.54, 1.807) is 16.2 Å². The van der Waals surface area contributed by atoms with Gasteiger partial charge in [0.1, 0.15) is 0 Å². The number of rotatable bonds is 5. The van der Waals surface area contributed by atoms with Gasteiger partial charge in [-0.05, 0) is 33.6 Å². The lowest BCUT2D eigenvalue weighted by Gasteiger charge is -2.32. The summed E-state index contributed by atoms with van der Waals surface area (Å²) in [5.74, 6) is 0.819. The molecule has 142 valence electrons. The molecule has 9 heteroatoms. The fourth-order valence-corrected chi connectivity index (χ4v) is 3.26. The van der Waals surface area contributed by atoms with Crippen LogP contribution in [0, 0.1) is 6.92 Å². The number of hydrogen-bond donors (Lipinski definition) is 2. The van der Waals surface area contributed by atoms with Crippen molar-refractivity contribution in [3.63, 3.8) is 0 Å². The Balaban J connectivity index is 0.00000312. The van der Waals surface area contributed by atoms with Crippen LogP contribution in [0.1, 0.15) is 37.3 Å². The number of carbonyl (C=O) groups excluding carboxylic acids is 1. The number of piperidine rings is 1. The number of thiazole rings is 1. The van der Waals surface area contributed by atoms with Crippen LogP contribution in [0.15, 0.2) is 10.5 Å². The Hall–Kier alpha value is -1.10. The van der Waals surface area contributed by atoms with Gasteiger partial charge < -0.3 is 20.3 Å². The third kappa shape index (κ3) is 6.96. The van der Waals surface area contributed by atoms with Gasteiger partial charge in [0.2, 0.25) is 0 Å². The Kier molecular flexibility index (Phi) is 10.1. The third-order valence-electron chi connectivity index (χ3n) is 3.93. The highest BCUT2D eigenvalue weighted by molar-refractivity contribution is 14.0. The van der Waals surface area contributed by atoms with E-state index in [9.17, 15) is 4.79 Å². The van der Waals surface area contributed by atoms with Crippen LogP contribution in [0.25, 0.3) is 0 Å². The summed E-state index contributed by atoms with van der Waals surface area (Å²) < 4.78 is 5.05. The van der Waals surface area contributed by atoms with Crippen molar-refractivity contribution < 1.29 is 9.53 Å². The van der Waals surface area contributed by atoms with Crippen molar-refractivity contribution in [2.24, 2.45) is 4.99 Å². The molecule has 0 saturated carbocycles. The van der Waals surface area contributed by atoms with Crippen LogP contribution in [0.3, 0.4) is 0 Å². The molecule has 2 N–H and O–H groups in total. The van der Waals surface area contributed by atoms with Crippen molar-refractivity contribution in [3.8, 4) is 0 Å². The summed E-state index contributed by atoms with van der Waals surface area (Å²) in [4.78, 5) is 23.6. The molecule has 0 aromatic carbocycles. The van der Waals surface area contributed by atoms with E-state index in [1.807, 2.05) is 19.4 Å². The van der Waals surface area contributed by atoms with Gasteiger partial charge in [-0.3, -0.25) is 0 Å². The predicted molar refractivity (Wildman–Crippen MR) is 112 cm³/mol. The second-order valence-electron chi connectivity index (χ2n) is 5.66. The zero-order chi connectivity index (χ0) is 17.4. The third-order valence-corrected chi connectivity index (χ3v) is 4.85. The zero-order valence-corrected chi connectivity index (χ0v) is 18.2. The Morgan fingerprint density at radius 3 is 2.72 bits per heavy atom. The summed E-state index contributed by atoms with van der Waals surface area (Å²) in [6.07, 6.45) is 1.57. The van der Waals surface area contributed by atoms with E-state index in [4.69, 9.17) is 4.74 Å². The number of nitrogens with one attached hydrogen (secondary N) is 2. The van der Waals surface area contributed by atoms with Crippen LogP contribution in [0.5, 0.6) is 0 Å². The zero-order valence-electron chi connectivity index (χ0n) is 15.1. The lowest BCUT2D eigenvalue weighted by atomic mass is 10.1. The first-order valence-corrected chi connectivity index (χ1v) is 9.37. The van der Waals surface area contributed by atoms with E-state index < -0.39 is 0 Å². The molecular weight excluding hydrogens is 453 g/mol. The monoisotopic (exact) mass is 481 g/mol. The molecule has 1 amide bonds. The minimum Gasteiger partial charge on any atom is -0.450 e. The van der Waals surface area contributed by atoms with Gasteiger partial charge in [0.05, 0.1) is 24.4 Å². The molecule has 1 aliphatic rings. The second-order valence-corrected chi connectivity index (χ2v) is 6.60. The number of nitrogens with zero attached hydrogens (tertiary/aromatic N) is 3. The number of guanidine groups is 1. The van der Waals surface area contributed by atoms with Gasteiger partial charge in [-0.2, -0.15) is 0 Å². The average Bonchev–Trinajstić information content (AvgIpc) is 2.99. The van der Waals surface area contributed by atoms with Crippen molar-refractivity contribution in [1.82, 2.24) is 20.5 Å². The van der Waals surface area contributed by atoms with Crippen molar-refractivity contribution >= 4 is 47.4 Å². The summed E-state index contributed by atoms with van der Waals surface area (Å²) in [6.45, 7) is 9.18. The normalized spacial score (nSPS) is 15.5. The number of halogens is 1. The molecule has 0 radical (unpaired) electrons. The first-order chi connectivity index (χ1) is 11.6. The van der Waals surface area contributed by atoms with Crippen LogP contribution in [-0.4, -0.2) is 54.2 Å². The predicted octanol–water partition coefficient (Wildman–Crippen LogP) is 2.75. The number of hydrogen-bond acceptors (Lipinski definition) is 5. The molecule has 7 nitrogen and oxygen atoms in total. The van der Waals surface area contributed by atoms with Crippen LogP contribution in [0.2, 0.25) is 0 Å². The number of aliphatic imine (C=N–C) groups is 1. The summed E-state index contributed by atoms with van der Waals surface area (Å²) in [5, 5.41) is 6.76. The standard InChI is InChI=1S/C16H27N5O2S.HI/c1-4-17-15(18-10-14-12(3)19-11-24-14)20-13-6-8-21(9-7-13)16(22)23-5-2;/h11,13H,4-10H2,1-3H3,(H2,17,18,20);1H. The minimum absolute atomic E-state index is 0. The molecule has 1 aliphatic heterocycles. The highest BCUT2D eigenvalue weighted by Gasteiger charge is 2.24. The van der Waals surface area contributed by atoms with E-state index in [2.05, 4.69) is 27.5 Å². The van der Waals surface area contributed by atoms with E-state index in [0.717, 1.165) is 31.0 Å². The number of carbonyl (C=O) groups is 1. The van der Waals surface area contributed by atoms with Gasteiger partial charge in [0.25, 0.3) is 0 Å². The van der Waals surface area contributed by atoms with Crippen molar-refractivity contribution in [1.29, 1.82) is 0 Å². The first-order valence-electron chi connectivity index (χ1n) is 8.49. The Morgan fingerprint density at radius 1 is 1.44 bits per heavy atom. The number of aryl methyl sites for hydroxylation is 1. The van der Waals surface area contributed by atoms with Gasteiger partial charge in [-0.1, -0.05) is 0 Å². The van der Waals surface area contributed by atoms with Gasteiger partial charge in [-0.25, -0.2) is 14.8 Å². The molecule has 0 spiro atoms. The minimum atomic E-state index is -0.211. The smallest absolute Gasteiger partial charge is 0.409 e. The molecule has 1 aromatic heterocycles. The molecular formula is C16H28IN5O2S. The fraction of sp³-hybridized carbons (Fsp3) is 0.688. The van der Waals surface area contributed by atoms with Gasteiger partial charge in [0.15, 0.2) is 5.96 Å². The lowest BCUT2D eigenvalue weighted by Crippen LogP contribution is -2.49. The molecule has 1 aromatic rings. The first kappa shape index (κ1) is 21.9. The van der Waals surface area contributed by atoms with E-state index >= 15 is 0 Å². The van der Waals surface area contributed by atoms with E-state index in [1.165, 1.54) is 4.88 Å². The van der Waals surface area contributed by atoms with Gasteiger partial charge >= 0.3 is 6.09 Å². The quantitative estimate of drug-likeness (QED) is 0.384. The van der Waals surface area contributed by atoms with Gasteiger partial charge in [-0.15, -0.1) is 35.3 Å². The molecule has 1 saturated heterocycles. The topological polar surface area (TPSA) is 78.9 Å². The highest BCUT2D eigenvalue weighted by Crippen LogP contribution is 2.14. The summed E-state index contributed by atoms with van der Waals surface area (Å²) >= 11 is 1.63. The maximum atomic E-state index is 11.7. The maximum absolute atomic E-state index is 11.7. The molecule has 0 aliphatic carbocycles. The summed E-state index contributed by atoms with van der Waals surface area (Å²) in [5.41, 5.74) is 2.90. The van der Waals surface area contributed by atoms with E-state index in [0.29, 0.717) is 32.3 Å². The van der Waals surface area contributed by atoms with Gasteiger partial charge in [0, 0.05) is 30.6 Å². The SMILES string of the molecule is CCNC(=NCc1scnc1C)NC1CCN(C(=O)OCC)CC1.I. The molecule has 2 heterocycles.